The third kappa shape index (κ3) is 3.83. The largest absolute Gasteiger partial charge is 0.464 e. The molecular formula is C11H16N2O3S. The molecule has 0 saturated heterocycles. The number of hydrogen-bond donors (Lipinski definition) is 1. The maximum Gasteiger partial charge on any atom is 0.332 e. The lowest BCUT2D eigenvalue weighted by Crippen LogP contribution is -2.47. The van der Waals surface area contributed by atoms with Crippen LogP contribution in [0.2, 0.25) is 0 Å². The monoisotopic (exact) mass is 256 g/mol. The maximum atomic E-state index is 11.8. The Morgan fingerprint density at radius 1 is 1.59 bits per heavy atom. The highest BCUT2D eigenvalue weighted by Crippen LogP contribution is 2.11. The molecule has 1 unspecified atom stereocenters. The van der Waals surface area contributed by atoms with E-state index < -0.39 is 17.9 Å². The topological polar surface area (TPSA) is 72.6 Å². The van der Waals surface area contributed by atoms with Gasteiger partial charge in [-0.2, -0.15) is 0 Å². The van der Waals surface area contributed by atoms with E-state index in [-0.39, 0.29) is 6.61 Å². The summed E-state index contributed by atoms with van der Waals surface area (Å²) in [6, 6.07) is 2.59. The SMILES string of the molecule is CCOC(=O)C(N)C(=O)N(C)Cc1cccs1. The summed E-state index contributed by atoms with van der Waals surface area (Å²) in [6.45, 7) is 2.34. The average Bonchev–Trinajstić information content (AvgIpc) is 2.80. The minimum atomic E-state index is -1.24. The molecule has 0 radical (unpaired) electrons. The second-order valence-corrected chi connectivity index (χ2v) is 4.54. The van der Waals surface area contributed by atoms with Gasteiger partial charge in [-0.3, -0.25) is 4.79 Å². The van der Waals surface area contributed by atoms with Crippen molar-refractivity contribution >= 4 is 23.2 Å². The third-order valence-electron chi connectivity index (χ3n) is 2.16. The third-order valence-corrected chi connectivity index (χ3v) is 3.02. The Labute approximate surface area is 104 Å². The number of amides is 1. The average molecular weight is 256 g/mol. The van der Waals surface area contributed by atoms with Gasteiger partial charge in [0.2, 0.25) is 0 Å². The predicted molar refractivity (Wildman–Crippen MR) is 65.4 cm³/mol. The molecular weight excluding hydrogens is 240 g/mol. The zero-order chi connectivity index (χ0) is 12.8. The van der Waals surface area contributed by atoms with Crippen molar-refractivity contribution in [3.63, 3.8) is 0 Å². The first kappa shape index (κ1) is 13.7. The van der Waals surface area contributed by atoms with Crippen LogP contribution in [0.25, 0.3) is 0 Å². The number of likely N-dealkylation sites (N-methyl/N-ethyl adjacent to an activating group) is 1. The molecule has 0 fully saturated rings. The van der Waals surface area contributed by atoms with E-state index in [2.05, 4.69) is 0 Å². The van der Waals surface area contributed by atoms with Crippen LogP contribution in [-0.2, 0) is 20.9 Å². The van der Waals surface area contributed by atoms with Crippen LogP contribution in [0.5, 0.6) is 0 Å². The van der Waals surface area contributed by atoms with Gasteiger partial charge in [-0.1, -0.05) is 6.07 Å². The Bertz CT molecular complexity index is 378. The fourth-order valence-corrected chi connectivity index (χ4v) is 2.04. The second-order valence-electron chi connectivity index (χ2n) is 3.50. The quantitative estimate of drug-likeness (QED) is 0.618. The highest BCUT2D eigenvalue weighted by atomic mass is 32.1. The van der Waals surface area contributed by atoms with Crippen molar-refractivity contribution in [2.45, 2.75) is 19.5 Å². The first-order chi connectivity index (χ1) is 8.06. The lowest BCUT2D eigenvalue weighted by Gasteiger charge is -2.19. The van der Waals surface area contributed by atoms with E-state index in [4.69, 9.17) is 10.5 Å². The second kappa shape index (κ2) is 6.36. The van der Waals surface area contributed by atoms with Crippen molar-refractivity contribution < 1.29 is 14.3 Å². The number of nitrogens with zero attached hydrogens (tertiary/aromatic N) is 1. The molecule has 1 aromatic rings. The van der Waals surface area contributed by atoms with Crippen LogP contribution in [0, 0.1) is 0 Å². The molecule has 17 heavy (non-hydrogen) atoms. The van der Waals surface area contributed by atoms with Crippen molar-refractivity contribution in [3.05, 3.63) is 22.4 Å². The zero-order valence-corrected chi connectivity index (χ0v) is 10.7. The Morgan fingerprint density at radius 3 is 2.82 bits per heavy atom. The van der Waals surface area contributed by atoms with Crippen LogP contribution in [0.4, 0.5) is 0 Å². The summed E-state index contributed by atoms with van der Waals surface area (Å²) < 4.78 is 4.70. The smallest absolute Gasteiger partial charge is 0.332 e. The first-order valence-corrected chi connectivity index (χ1v) is 6.13. The van der Waals surface area contributed by atoms with Gasteiger partial charge in [-0.25, -0.2) is 4.79 Å². The summed E-state index contributed by atoms with van der Waals surface area (Å²) in [5.41, 5.74) is 5.51. The molecule has 0 saturated carbocycles. The number of carbonyl (C=O) groups is 2. The van der Waals surface area contributed by atoms with Crippen molar-refractivity contribution in [1.82, 2.24) is 4.90 Å². The standard InChI is InChI=1S/C11H16N2O3S/c1-3-16-11(15)9(12)10(14)13(2)7-8-5-4-6-17-8/h4-6,9H,3,7,12H2,1-2H3. The van der Waals surface area contributed by atoms with E-state index in [1.54, 1.807) is 25.3 Å². The molecule has 0 aliphatic carbocycles. The van der Waals surface area contributed by atoms with Crippen LogP contribution >= 0.6 is 11.3 Å². The van der Waals surface area contributed by atoms with E-state index >= 15 is 0 Å². The summed E-state index contributed by atoms with van der Waals surface area (Å²) in [5.74, 6) is -1.12. The molecule has 0 spiro atoms. The molecule has 0 aliphatic rings. The zero-order valence-electron chi connectivity index (χ0n) is 9.88. The molecule has 1 aromatic heterocycles. The summed E-state index contributed by atoms with van der Waals surface area (Å²) in [5, 5.41) is 1.93. The highest BCUT2D eigenvalue weighted by Gasteiger charge is 2.26. The van der Waals surface area contributed by atoms with Gasteiger partial charge in [-0.15, -0.1) is 11.3 Å². The number of hydrogen-bond acceptors (Lipinski definition) is 5. The normalized spacial score (nSPS) is 11.9. The Morgan fingerprint density at radius 2 is 2.29 bits per heavy atom. The van der Waals surface area contributed by atoms with Crippen LogP contribution in [-0.4, -0.2) is 36.5 Å². The molecule has 1 amide bonds. The molecule has 1 rings (SSSR count). The fourth-order valence-electron chi connectivity index (χ4n) is 1.28. The number of rotatable bonds is 5. The van der Waals surface area contributed by atoms with Gasteiger partial charge in [0.15, 0.2) is 6.04 Å². The van der Waals surface area contributed by atoms with Gasteiger partial charge in [0.05, 0.1) is 13.2 Å². The molecule has 1 atom stereocenters. The fraction of sp³-hybridized carbons (Fsp3) is 0.455. The Balaban J connectivity index is 2.54. The molecule has 0 aromatic carbocycles. The number of thiophene rings is 1. The van der Waals surface area contributed by atoms with Crippen LogP contribution in [0.15, 0.2) is 17.5 Å². The Kier molecular flexibility index (Phi) is 5.11. The van der Waals surface area contributed by atoms with E-state index in [0.717, 1.165) is 4.88 Å². The summed E-state index contributed by atoms with van der Waals surface area (Å²) in [7, 11) is 1.61. The number of esters is 1. The van der Waals surface area contributed by atoms with Crippen molar-refractivity contribution in [2.75, 3.05) is 13.7 Å². The lowest BCUT2D eigenvalue weighted by molar-refractivity contribution is -0.150. The van der Waals surface area contributed by atoms with E-state index in [1.807, 2.05) is 17.5 Å². The molecule has 6 heteroatoms. The van der Waals surface area contributed by atoms with Gasteiger partial charge in [-0.05, 0) is 18.4 Å². The van der Waals surface area contributed by atoms with E-state index in [9.17, 15) is 9.59 Å². The first-order valence-electron chi connectivity index (χ1n) is 5.25. The van der Waals surface area contributed by atoms with Gasteiger partial charge in [0, 0.05) is 11.9 Å². The molecule has 1 heterocycles. The Hall–Kier alpha value is -1.40. The minimum absolute atomic E-state index is 0.217. The van der Waals surface area contributed by atoms with Crippen molar-refractivity contribution in [1.29, 1.82) is 0 Å². The summed E-state index contributed by atoms with van der Waals surface area (Å²) in [4.78, 5) is 25.6. The van der Waals surface area contributed by atoms with Crippen molar-refractivity contribution in [3.8, 4) is 0 Å². The number of ether oxygens (including phenoxy) is 1. The van der Waals surface area contributed by atoms with Crippen LogP contribution < -0.4 is 5.73 Å². The lowest BCUT2D eigenvalue weighted by atomic mass is 10.2. The summed E-state index contributed by atoms with van der Waals surface area (Å²) >= 11 is 1.55. The van der Waals surface area contributed by atoms with E-state index in [1.165, 1.54) is 4.90 Å². The molecule has 2 N–H and O–H groups in total. The maximum absolute atomic E-state index is 11.8. The number of carbonyl (C=O) groups excluding carboxylic acids is 2. The highest BCUT2D eigenvalue weighted by molar-refractivity contribution is 7.09. The number of nitrogens with two attached hydrogens (primary N) is 1. The van der Waals surface area contributed by atoms with Gasteiger partial charge in [0.1, 0.15) is 0 Å². The van der Waals surface area contributed by atoms with Gasteiger partial charge < -0.3 is 15.4 Å². The minimum Gasteiger partial charge on any atom is -0.464 e. The predicted octanol–water partition coefficient (Wildman–Crippen LogP) is 0.597. The molecule has 94 valence electrons. The van der Waals surface area contributed by atoms with Gasteiger partial charge >= 0.3 is 5.97 Å². The van der Waals surface area contributed by atoms with Crippen molar-refractivity contribution in [2.24, 2.45) is 5.73 Å². The van der Waals surface area contributed by atoms with Gasteiger partial charge in [0.25, 0.3) is 5.91 Å². The van der Waals surface area contributed by atoms with E-state index in [0.29, 0.717) is 6.54 Å². The molecule has 5 nitrogen and oxygen atoms in total. The molecule has 0 aliphatic heterocycles. The molecule has 0 bridgehead atoms. The van der Waals surface area contributed by atoms with Crippen LogP contribution in [0.3, 0.4) is 0 Å². The summed E-state index contributed by atoms with van der Waals surface area (Å²) in [6.07, 6.45) is 0. The van der Waals surface area contributed by atoms with Crippen LogP contribution in [0.1, 0.15) is 11.8 Å².